The van der Waals surface area contributed by atoms with Crippen molar-refractivity contribution in [2.75, 3.05) is 6.61 Å². The molecule has 0 spiro atoms. The molecule has 0 rings (SSSR count). The summed E-state index contributed by atoms with van der Waals surface area (Å²) in [6.45, 7) is 6.62. The number of carbonyl (C=O) groups is 2. The molecule has 0 heterocycles. The Kier molecular flexibility index (Phi) is 12.9. The van der Waals surface area contributed by atoms with Gasteiger partial charge in [0, 0.05) is 12.3 Å². The lowest BCUT2D eigenvalue weighted by Crippen LogP contribution is -2.19. The highest BCUT2D eigenvalue weighted by Gasteiger charge is 2.18. The van der Waals surface area contributed by atoms with Gasteiger partial charge in [0.1, 0.15) is 0 Å². The Bertz CT molecular complexity index is 301. The first-order valence-corrected chi connectivity index (χ1v) is 8.86. The zero-order valence-corrected chi connectivity index (χ0v) is 14.6. The van der Waals surface area contributed by atoms with Crippen molar-refractivity contribution in [1.82, 2.24) is 0 Å². The summed E-state index contributed by atoms with van der Waals surface area (Å²) in [6, 6.07) is 0. The molecular formula is C18H34O4. The third kappa shape index (κ3) is 12.7. The molecule has 0 saturated heterocycles. The predicted octanol–water partition coefficient (Wildman–Crippen LogP) is 4.81. The minimum atomic E-state index is -0.819. The van der Waals surface area contributed by atoms with E-state index in [9.17, 15) is 9.59 Å². The van der Waals surface area contributed by atoms with Crippen LogP contribution >= 0.6 is 0 Å². The van der Waals surface area contributed by atoms with E-state index in [-0.39, 0.29) is 24.9 Å². The number of ether oxygens (including phenoxy) is 1. The van der Waals surface area contributed by atoms with Gasteiger partial charge >= 0.3 is 11.9 Å². The van der Waals surface area contributed by atoms with E-state index in [0.717, 1.165) is 25.7 Å². The Labute approximate surface area is 135 Å². The first-order valence-electron chi connectivity index (χ1n) is 8.86. The highest BCUT2D eigenvalue weighted by Crippen LogP contribution is 2.19. The van der Waals surface area contributed by atoms with Crippen LogP contribution in [0.15, 0.2) is 0 Å². The molecule has 0 aliphatic heterocycles. The number of hydrogen-bond acceptors (Lipinski definition) is 3. The Morgan fingerprint density at radius 2 is 1.68 bits per heavy atom. The van der Waals surface area contributed by atoms with Crippen LogP contribution in [0.5, 0.6) is 0 Å². The van der Waals surface area contributed by atoms with Crippen LogP contribution in [0.25, 0.3) is 0 Å². The van der Waals surface area contributed by atoms with Gasteiger partial charge in [0.2, 0.25) is 0 Å². The third-order valence-corrected chi connectivity index (χ3v) is 4.11. The number of rotatable bonds is 14. The van der Waals surface area contributed by atoms with E-state index in [2.05, 4.69) is 20.8 Å². The fourth-order valence-corrected chi connectivity index (χ4v) is 2.53. The summed E-state index contributed by atoms with van der Waals surface area (Å²) < 4.78 is 5.28. The fourth-order valence-electron chi connectivity index (χ4n) is 2.53. The molecule has 2 atom stereocenters. The summed E-state index contributed by atoms with van der Waals surface area (Å²) in [6.07, 6.45) is 9.19. The molecule has 0 aliphatic carbocycles. The van der Waals surface area contributed by atoms with Gasteiger partial charge in [-0.05, 0) is 18.8 Å². The number of carboxylic acid groups (broad SMARTS) is 1. The average Bonchev–Trinajstić information content (AvgIpc) is 2.47. The van der Waals surface area contributed by atoms with E-state index in [1.54, 1.807) is 0 Å². The van der Waals surface area contributed by atoms with Crippen LogP contribution in [0.1, 0.15) is 85.0 Å². The van der Waals surface area contributed by atoms with Crippen molar-refractivity contribution in [3.8, 4) is 0 Å². The second kappa shape index (κ2) is 13.6. The van der Waals surface area contributed by atoms with Crippen LogP contribution in [-0.2, 0) is 14.3 Å². The average molecular weight is 314 g/mol. The molecule has 0 aromatic carbocycles. The quantitative estimate of drug-likeness (QED) is 0.369. The summed E-state index contributed by atoms with van der Waals surface area (Å²) in [5.41, 5.74) is 0. The van der Waals surface area contributed by atoms with Crippen molar-refractivity contribution in [2.45, 2.75) is 85.0 Å². The van der Waals surface area contributed by atoms with E-state index in [1.807, 2.05) is 0 Å². The maximum absolute atomic E-state index is 11.7. The number of hydrogen-bond donors (Lipinski definition) is 1. The van der Waals surface area contributed by atoms with Crippen LogP contribution in [0.4, 0.5) is 0 Å². The topological polar surface area (TPSA) is 63.6 Å². The second-order valence-electron chi connectivity index (χ2n) is 6.41. The molecule has 0 fully saturated rings. The Morgan fingerprint density at radius 3 is 2.27 bits per heavy atom. The molecule has 4 nitrogen and oxygen atoms in total. The molecule has 22 heavy (non-hydrogen) atoms. The SMILES string of the molecule is CCCCCCCCC(=O)OCC(CC(=O)O)CC(C)CC. The maximum Gasteiger partial charge on any atom is 0.305 e. The van der Waals surface area contributed by atoms with Gasteiger partial charge in [0.15, 0.2) is 0 Å². The zero-order valence-electron chi connectivity index (χ0n) is 14.6. The highest BCUT2D eigenvalue weighted by molar-refractivity contribution is 5.69. The summed E-state index contributed by atoms with van der Waals surface area (Å²) in [7, 11) is 0. The van der Waals surface area contributed by atoms with Gasteiger partial charge in [-0.1, -0.05) is 59.3 Å². The van der Waals surface area contributed by atoms with Gasteiger partial charge in [-0.3, -0.25) is 9.59 Å². The predicted molar refractivity (Wildman–Crippen MR) is 88.8 cm³/mol. The molecule has 0 saturated carbocycles. The fraction of sp³-hybridized carbons (Fsp3) is 0.889. The molecule has 0 aromatic heterocycles. The first-order chi connectivity index (χ1) is 10.5. The number of esters is 1. The summed E-state index contributed by atoms with van der Waals surface area (Å²) in [5, 5.41) is 8.94. The minimum absolute atomic E-state index is 0.0686. The molecule has 130 valence electrons. The summed E-state index contributed by atoms with van der Waals surface area (Å²) >= 11 is 0. The lowest BCUT2D eigenvalue weighted by Gasteiger charge is -2.18. The van der Waals surface area contributed by atoms with Gasteiger partial charge in [0.05, 0.1) is 13.0 Å². The molecule has 4 heteroatoms. The van der Waals surface area contributed by atoms with Crippen molar-refractivity contribution >= 4 is 11.9 Å². The van der Waals surface area contributed by atoms with Crippen molar-refractivity contribution in [1.29, 1.82) is 0 Å². The van der Waals surface area contributed by atoms with Crippen molar-refractivity contribution in [3.63, 3.8) is 0 Å². The molecule has 2 unspecified atom stereocenters. The second-order valence-corrected chi connectivity index (χ2v) is 6.41. The van der Waals surface area contributed by atoms with Crippen LogP contribution in [0.3, 0.4) is 0 Å². The summed E-state index contributed by atoms with van der Waals surface area (Å²) in [4.78, 5) is 22.6. The van der Waals surface area contributed by atoms with E-state index < -0.39 is 5.97 Å². The highest BCUT2D eigenvalue weighted by atomic mass is 16.5. The normalized spacial score (nSPS) is 13.6. The Balaban J connectivity index is 3.87. The summed E-state index contributed by atoms with van der Waals surface area (Å²) in [5.74, 6) is -0.613. The third-order valence-electron chi connectivity index (χ3n) is 4.11. The minimum Gasteiger partial charge on any atom is -0.481 e. The van der Waals surface area contributed by atoms with Crippen molar-refractivity contribution in [2.24, 2.45) is 11.8 Å². The van der Waals surface area contributed by atoms with Gasteiger partial charge in [-0.15, -0.1) is 0 Å². The number of unbranched alkanes of at least 4 members (excludes halogenated alkanes) is 5. The molecular weight excluding hydrogens is 280 g/mol. The zero-order chi connectivity index (χ0) is 16.8. The van der Waals surface area contributed by atoms with Crippen LogP contribution in [-0.4, -0.2) is 23.7 Å². The molecule has 0 bridgehead atoms. The van der Waals surface area contributed by atoms with E-state index in [4.69, 9.17) is 9.84 Å². The van der Waals surface area contributed by atoms with E-state index in [0.29, 0.717) is 12.3 Å². The lowest BCUT2D eigenvalue weighted by atomic mass is 9.92. The monoisotopic (exact) mass is 314 g/mol. The number of aliphatic carboxylic acids is 1. The van der Waals surface area contributed by atoms with Gasteiger partial charge in [0.25, 0.3) is 0 Å². The van der Waals surface area contributed by atoms with Crippen molar-refractivity contribution in [3.05, 3.63) is 0 Å². The lowest BCUT2D eigenvalue weighted by molar-refractivity contribution is -0.148. The molecule has 0 amide bonds. The van der Waals surface area contributed by atoms with Gasteiger partial charge in [-0.25, -0.2) is 0 Å². The number of carbonyl (C=O) groups excluding carboxylic acids is 1. The standard InChI is InChI=1S/C18H34O4/c1-4-6-7-8-9-10-11-18(21)22-14-16(13-17(19)20)12-15(3)5-2/h15-16H,4-14H2,1-3H3,(H,19,20). The molecule has 0 aromatic rings. The van der Waals surface area contributed by atoms with Crippen LogP contribution in [0, 0.1) is 11.8 Å². The Hall–Kier alpha value is -1.06. The van der Waals surface area contributed by atoms with Crippen LogP contribution in [0.2, 0.25) is 0 Å². The first kappa shape index (κ1) is 20.9. The van der Waals surface area contributed by atoms with E-state index >= 15 is 0 Å². The molecule has 1 N–H and O–H groups in total. The van der Waals surface area contributed by atoms with Crippen LogP contribution < -0.4 is 0 Å². The number of carboxylic acids is 1. The van der Waals surface area contributed by atoms with Crippen molar-refractivity contribution < 1.29 is 19.4 Å². The van der Waals surface area contributed by atoms with Gasteiger partial charge in [-0.2, -0.15) is 0 Å². The maximum atomic E-state index is 11.7. The largest absolute Gasteiger partial charge is 0.481 e. The molecule has 0 aliphatic rings. The molecule has 0 radical (unpaired) electrons. The van der Waals surface area contributed by atoms with Gasteiger partial charge < -0.3 is 9.84 Å². The Morgan fingerprint density at radius 1 is 1.05 bits per heavy atom. The van der Waals surface area contributed by atoms with E-state index in [1.165, 1.54) is 25.7 Å². The smallest absolute Gasteiger partial charge is 0.305 e.